The third-order valence-electron chi connectivity index (χ3n) is 3.64. The number of rotatable bonds is 6. The van der Waals surface area contributed by atoms with Crippen LogP contribution in [0.5, 0.6) is 0 Å². The maximum Gasteiger partial charge on any atom is 0.191 e. The molecular formula is C18H25N7. The molecule has 2 aromatic rings. The van der Waals surface area contributed by atoms with Crippen molar-refractivity contribution < 1.29 is 0 Å². The Morgan fingerprint density at radius 2 is 2.08 bits per heavy atom. The van der Waals surface area contributed by atoms with Crippen molar-refractivity contribution in [2.24, 2.45) is 4.99 Å². The second-order valence-corrected chi connectivity index (χ2v) is 5.97. The molecule has 1 heterocycles. The summed E-state index contributed by atoms with van der Waals surface area (Å²) < 4.78 is 1.63. The lowest BCUT2D eigenvalue weighted by atomic mass is 10.1. The molecule has 1 aromatic carbocycles. The molecule has 2 rings (SSSR count). The smallest absolute Gasteiger partial charge is 0.191 e. The average Bonchev–Trinajstić information content (AvgIpc) is 2.93. The van der Waals surface area contributed by atoms with Crippen molar-refractivity contribution in [1.82, 2.24) is 20.4 Å². The second kappa shape index (κ2) is 8.73. The standard InChI is InChI=1S/C18H25N7/c1-13(2)23-18(21-3)22-11-7-10-16-15(12-19)17(20)25(24-16)14-8-5-4-6-9-14/h4-6,8-9,13H,7,10-11,20H2,1-3H3,(H2,21,22,23). The molecule has 4 N–H and O–H groups in total. The first kappa shape index (κ1) is 18.3. The number of nitrogens with zero attached hydrogens (tertiary/aromatic N) is 4. The van der Waals surface area contributed by atoms with E-state index in [0.717, 1.165) is 30.3 Å². The average molecular weight is 339 g/mol. The molecular weight excluding hydrogens is 314 g/mol. The van der Waals surface area contributed by atoms with E-state index in [1.165, 1.54) is 0 Å². The van der Waals surface area contributed by atoms with E-state index in [4.69, 9.17) is 5.73 Å². The molecule has 0 unspecified atom stereocenters. The molecule has 0 fully saturated rings. The first-order valence-electron chi connectivity index (χ1n) is 8.37. The monoisotopic (exact) mass is 339 g/mol. The fraction of sp³-hybridized carbons (Fsp3) is 0.389. The van der Waals surface area contributed by atoms with Crippen LogP contribution in [0, 0.1) is 11.3 Å². The van der Waals surface area contributed by atoms with Crippen molar-refractivity contribution in [2.75, 3.05) is 19.3 Å². The summed E-state index contributed by atoms with van der Waals surface area (Å²) in [4.78, 5) is 4.17. The van der Waals surface area contributed by atoms with E-state index in [1.54, 1.807) is 11.7 Å². The molecule has 0 saturated heterocycles. The summed E-state index contributed by atoms with van der Waals surface area (Å²) in [5.74, 6) is 1.15. The van der Waals surface area contributed by atoms with Crippen molar-refractivity contribution in [2.45, 2.75) is 32.7 Å². The highest BCUT2D eigenvalue weighted by Gasteiger charge is 2.16. The fourth-order valence-corrected chi connectivity index (χ4v) is 2.47. The van der Waals surface area contributed by atoms with Crippen molar-refractivity contribution >= 4 is 11.8 Å². The van der Waals surface area contributed by atoms with Gasteiger partial charge in [0.05, 0.1) is 11.4 Å². The number of aryl methyl sites for hydroxylation is 1. The Labute approximate surface area is 148 Å². The zero-order valence-corrected chi connectivity index (χ0v) is 15.0. The molecule has 0 radical (unpaired) electrons. The number of aromatic nitrogens is 2. The first-order chi connectivity index (χ1) is 12.1. The van der Waals surface area contributed by atoms with E-state index >= 15 is 0 Å². The minimum atomic E-state index is 0.317. The van der Waals surface area contributed by atoms with Crippen molar-refractivity contribution in [3.63, 3.8) is 0 Å². The molecule has 7 heteroatoms. The Balaban J connectivity index is 2.02. The Morgan fingerprint density at radius 1 is 1.36 bits per heavy atom. The third kappa shape index (κ3) is 4.73. The van der Waals surface area contributed by atoms with Gasteiger partial charge in [-0.1, -0.05) is 18.2 Å². The van der Waals surface area contributed by atoms with Gasteiger partial charge in [-0.15, -0.1) is 0 Å². The lowest BCUT2D eigenvalue weighted by molar-refractivity contribution is 0.680. The molecule has 25 heavy (non-hydrogen) atoms. The minimum Gasteiger partial charge on any atom is -0.382 e. The van der Waals surface area contributed by atoms with Crippen LogP contribution < -0.4 is 16.4 Å². The van der Waals surface area contributed by atoms with Gasteiger partial charge in [0.15, 0.2) is 5.96 Å². The van der Waals surface area contributed by atoms with E-state index in [2.05, 4.69) is 40.6 Å². The van der Waals surface area contributed by atoms with Crippen LogP contribution in [0.3, 0.4) is 0 Å². The Bertz CT molecular complexity index is 754. The number of hydrogen-bond acceptors (Lipinski definition) is 4. The van der Waals surface area contributed by atoms with Gasteiger partial charge in [0, 0.05) is 19.6 Å². The van der Waals surface area contributed by atoms with Gasteiger partial charge in [0.25, 0.3) is 0 Å². The Kier molecular flexibility index (Phi) is 6.40. The van der Waals surface area contributed by atoms with Crippen LogP contribution in [-0.2, 0) is 6.42 Å². The summed E-state index contributed by atoms with van der Waals surface area (Å²) >= 11 is 0. The van der Waals surface area contributed by atoms with Crippen LogP contribution in [0.1, 0.15) is 31.5 Å². The third-order valence-corrected chi connectivity index (χ3v) is 3.64. The molecule has 0 amide bonds. The normalized spacial score (nSPS) is 11.4. The number of benzene rings is 1. The van der Waals surface area contributed by atoms with Crippen LogP contribution in [0.2, 0.25) is 0 Å². The number of nitrogens with one attached hydrogen (secondary N) is 2. The second-order valence-electron chi connectivity index (χ2n) is 5.97. The predicted molar refractivity (Wildman–Crippen MR) is 101 cm³/mol. The van der Waals surface area contributed by atoms with Crippen molar-refractivity contribution in [3.8, 4) is 11.8 Å². The summed E-state index contributed by atoms with van der Waals surface area (Å²) in [5.41, 5.74) is 8.13. The van der Waals surface area contributed by atoms with E-state index in [-0.39, 0.29) is 0 Å². The summed E-state index contributed by atoms with van der Waals surface area (Å²) in [5, 5.41) is 20.4. The molecule has 0 spiro atoms. The molecule has 0 aliphatic heterocycles. The van der Waals surface area contributed by atoms with Gasteiger partial charge in [-0.2, -0.15) is 10.4 Å². The number of aliphatic imine (C=N–C) groups is 1. The van der Waals surface area contributed by atoms with Gasteiger partial charge in [-0.05, 0) is 38.8 Å². The number of nitriles is 1. The number of nitrogens with two attached hydrogens (primary N) is 1. The molecule has 1 aromatic heterocycles. The number of guanidine groups is 1. The number of para-hydroxylation sites is 1. The molecule has 0 saturated carbocycles. The van der Waals surface area contributed by atoms with Gasteiger partial charge in [-0.3, -0.25) is 4.99 Å². The molecule has 0 aliphatic carbocycles. The molecule has 7 nitrogen and oxygen atoms in total. The quantitative estimate of drug-likeness (QED) is 0.423. The molecule has 132 valence electrons. The van der Waals surface area contributed by atoms with Gasteiger partial charge in [-0.25, -0.2) is 4.68 Å². The van der Waals surface area contributed by atoms with E-state index in [0.29, 0.717) is 23.8 Å². The zero-order chi connectivity index (χ0) is 18.2. The van der Waals surface area contributed by atoms with Gasteiger partial charge < -0.3 is 16.4 Å². The summed E-state index contributed by atoms with van der Waals surface area (Å²) in [6.45, 7) is 4.85. The SMILES string of the molecule is CN=C(NCCCc1nn(-c2ccccc2)c(N)c1C#N)NC(C)C. The van der Waals surface area contributed by atoms with Crippen LogP contribution in [0.15, 0.2) is 35.3 Å². The lowest BCUT2D eigenvalue weighted by Crippen LogP contribution is -2.41. The number of nitrogen functional groups attached to an aromatic ring is 1. The van der Waals surface area contributed by atoms with E-state index < -0.39 is 0 Å². The minimum absolute atomic E-state index is 0.317. The zero-order valence-electron chi connectivity index (χ0n) is 15.0. The lowest BCUT2D eigenvalue weighted by Gasteiger charge is -2.14. The number of anilines is 1. The highest BCUT2D eigenvalue weighted by atomic mass is 15.3. The summed E-state index contributed by atoms with van der Waals surface area (Å²) in [6, 6.07) is 12.1. The van der Waals surface area contributed by atoms with Gasteiger partial charge in [0.2, 0.25) is 0 Å². The Morgan fingerprint density at radius 3 is 2.68 bits per heavy atom. The Hall–Kier alpha value is -3.01. The summed E-state index contributed by atoms with van der Waals surface area (Å²) in [6.07, 6.45) is 1.48. The molecule has 0 atom stereocenters. The van der Waals surface area contributed by atoms with E-state index in [1.807, 2.05) is 30.3 Å². The highest BCUT2D eigenvalue weighted by molar-refractivity contribution is 5.79. The van der Waals surface area contributed by atoms with Crippen LogP contribution in [0.25, 0.3) is 5.69 Å². The van der Waals surface area contributed by atoms with Crippen LogP contribution >= 0.6 is 0 Å². The van der Waals surface area contributed by atoms with Crippen LogP contribution in [0.4, 0.5) is 5.82 Å². The topological polar surface area (TPSA) is 104 Å². The molecule has 0 bridgehead atoms. The molecule has 0 aliphatic rings. The van der Waals surface area contributed by atoms with Crippen LogP contribution in [-0.4, -0.2) is 35.4 Å². The van der Waals surface area contributed by atoms with Crippen molar-refractivity contribution in [1.29, 1.82) is 5.26 Å². The summed E-state index contributed by atoms with van der Waals surface area (Å²) in [7, 11) is 1.74. The highest BCUT2D eigenvalue weighted by Crippen LogP contribution is 2.21. The maximum atomic E-state index is 9.41. The number of hydrogen-bond donors (Lipinski definition) is 3. The van der Waals surface area contributed by atoms with E-state index in [9.17, 15) is 5.26 Å². The first-order valence-corrected chi connectivity index (χ1v) is 8.37. The maximum absolute atomic E-state index is 9.41. The fourth-order valence-electron chi connectivity index (χ4n) is 2.47. The predicted octanol–water partition coefficient (Wildman–Crippen LogP) is 1.83. The van der Waals surface area contributed by atoms with Gasteiger partial charge >= 0.3 is 0 Å². The van der Waals surface area contributed by atoms with Crippen molar-refractivity contribution in [3.05, 3.63) is 41.6 Å². The largest absolute Gasteiger partial charge is 0.382 e. The van der Waals surface area contributed by atoms with Gasteiger partial charge in [0.1, 0.15) is 17.5 Å².